The lowest BCUT2D eigenvalue weighted by Gasteiger charge is -2.08. The zero-order valence-corrected chi connectivity index (χ0v) is 14.6. The van der Waals surface area contributed by atoms with Gasteiger partial charge in [0.1, 0.15) is 0 Å². The van der Waals surface area contributed by atoms with Crippen LogP contribution in [0.15, 0.2) is 24.4 Å². The van der Waals surface area contributed by atoms with E-state index in [1.807, 2.05) is 6.20 Å². The van der Waals surface area contributed by atoms with Crippen molar-refractivity contribution < 1.29 is 4.74 Å². The molecule has 2 N–H and O–H groups in total. The number of hydrogen-bond acceptors (Lipinski definition) is 3. The van der Waals surface area contributed by atoms with E-state index >= 15 is 0 Å². The first-order chi connectivity index (χ1) is 11.2. The Morgan fingerprint density at radius 3 is 2.74 bits per heavy atom. The summed E-state index contributed by atoms with van der Waals surface area (Å²) < 4.78 is 5.57. The van der Waals surface area contributed by atoms with Crippen molar-refractivity contribution >= 4 is 0 Å². The minimum absolute atomic E-state index is 0.827. The summed E-state index contributed by atoms with van der Waals surface area (Å²) in [6, 6.07) is 6.53. The molecule has 0 atom stereocenters. The second kappa shape index (κ2) is 9.48. The van der Waals surface area contributed by atoms with E-state index in [1.54, 1.807) is 0 Å². The van der Waals surface area contributed by atoms with Gasteiger partial charge >= 0.3 is 0 Å². The van der Waals surface area contributed by atoms with Crippen LogP contribution in [0, 0.1) is 13.8 Å². The molecule has 0 fully saturated rings. The number of nitrogens with zero attached hydrogens (tertiary/aromatic N) is 1. The van der Waals surface area contributed by atoms with E-state index in [0.717, 1.165) is 44.8 Å². The van der Waals surface area contributed by atoms with E-state index in [2.05, 4.69) is 54.5 Å². The van der Waals surface area contributed by atoms with Crippen molar-refractivity contribution in [2.75, 3.05) is 19.8 Å². The molecule has 4 heteroatoms. The lowest BCUT2D eigenvalue weighted by molar-refractivity contribution is 0.129. The van der Waals surface area contributed by atoms with Crippen molar-refractivity contribution in [1.29, 1.82) is 0 Å². The molecule has 0 saturated heterocycles. The lowest BCUT2D eigenvalue weighted by Crippen LogP contribution is -2.16. The van der Waals surface area contributed by atoms with Gasteiger partial charge in [-0.3, -0.25) is 5.10 Å². The van der Waals surface area contributed by atoms with Crippen LogP contribution >= 0.6 is 0 Å². The molecule has 0 bridgehead atoms. The van der Waals surface area contributed by atoms with Gasteiger partial charge in [-0.05, 0) is 50.4 Å². The molecule has 0 aliphatic rings. The van der Waals surface area contributed by atoms with Crippen molar-refractivity contribution in [2.24, 2.45) is 0 Å². The van der Waals surface area contributed by atoms with Crippen LogP contribution in [0.2, 0.25) is 0 Å². The smallest absolute Gasteiger partial charge is 0.0695 e. The van der Waals surface area contributed by atoms with Gasteiger partial charge in [0, 0.05) is 30.9 Å². The first-order valence-electron chi connectivity index (χ1n) is 8.60. The number of nitrogens with one attached hydrogen (secondary N) is 2. The van der Waals surface area contributed by atoms with Crippen molar-refractivity contribution in [1.82, 2.24) is 15.5 Å². The molecule has 1 aromatic heterocycles. The third-order valence-corrected chi connectivity index (χ3v) is 4.11. The maximum absolute atomic E-state index is 5.57. The average molecular weight is 315 g/mol. The summed E-state index contributed by atoms with van der Waals surface area (Å²) >= 11 is 0. The molecule has 23 heavy (non-hydrogen) atoms. The van der Waals surface area contributed by atoms with Gasteiger partial charge in [-0.1, -0.05) is 25.5 Å². The third-order valence-electron chi connectivity index (χ3n) is 4.11. The molecule has 0 radical (unpaired) electrons. The molecule has 0 amide bonds. The standard InChI is InChI=1S/C19H29N3O/c1-4-5-10-23-11-6-9-20-13-18-14-21-22-19(18)17-8-7-15(2)16(3)12-17/h7-8,12,14,20H,4-6,9-11,13H2,1-3H3,(H,21,22). The second-order valence-electron chi connectivity index (χ2n) is 6.07. The highest BCUT2D eigenvalue weighted by atomic mass is 16.5. The molecule has 0 spiro atoms. The van der Waals surface area contributed by atoms with E-state index in [-0.39, 0.29) is 0 Å². The summed E-state index contributed by atoms with van der Waals surface area (Å²) in [7, 11) is 0. The quantitative estimate of drug-likeness (QED) is 0.652. The minimum atomic E-state index is 0.827. The van der Waals surface area contributed by atoms with Gasteiger partial charge in [0.2, 0.25) is 0 Å². The molecular formula is C19H29N3O. The molecule has 0 unspecified atom stereocenters. The Morgan fingerprint density at radius 1 is 1.13 bits per heavy atom. The summed E-state index contributed by atoms with van der Waals surface area (Å²) in [6.45, 7) is 9.97. The first-order valence-corrected chi connectivity index (χ1v) is 8.60. The molecule has 0 saturated carbocycles. The molecule has 0 aliphatic heterocycles. The van der Waals surface area contributed by atoms with Crippen molar-refractivity contribution in [2.45, 2.75) is 46.6 Å². The number of aryl methyl sites for hydroxylation is 2. The minimum Gasteiger partial charge on any atom is -0.381 e. The van der Waals surface area contributed by atoms with Crippen molar-refractivity contribution in [3.8, 4) is 11.3 Å². The van der Waals surface area contributed by atoms with Gasteiger partial charge in [0.15, 0.2) is 0 Å². The van der Waals surface area contributed by atoms with Gasteiger partial charge in [-0.2, -0.15) is 5.10 Å². The van der Waals surface area contributed by atoms with Gasteiger partial charge in [0.05, 0.1) is 11.9 Å². The maximum atomic E-state index is 5.57. The molecule has 1 heterocycles. The Balaban J connectivity index is 1.79. The van der Waals surface area contributed by atoms with Crippen LogP contribution in [0.4, 0.5) is 0 Å². The molecule has 0 aliphatic carbocycles. The topological polar surface area (TPSA) is 49.9 Å². The van der Waals surface area contributed by atoms with Crippen LogP contribution < -0.4 is 5.32 Å². The summed E-state index contributed by atoms with van der Waals surface area (Å²) in [4.78, 5) is 0. The molecule has 2 rings (SSSR count). The normalized spacial score (nSPS) is 11.1. The fraction of sp³-hybridized carbons (Fsp3) is 0.526. The van der Waals surface area contributed by atoms with Crippen LogP contribution in [0.1, 0.15) is 42.9 Å². The number of ether oxygens (including phenoxy) is 1. The van der Waals surface area contributed by atoms with E-state index in [9.17, 15) is 0 Å². The SMILES string of the molecule is CCCCOCCCNCc1cn[nH]c1-c1ccc(C)c(C)c1. The number of unbranched alkanes of at least 4 members (excludes halogenated alkanes) is 1. The summed E-state index contributed by atoms with van der Waals surface area (Å²) in [5.41, 5.74) is 6.14. The fourth-order valence-electron chi connectivity index (χ4n) is 2.46. The molecule has 126 valence electrons. The monoisotopic (exact) mass is 315 g/mol. The van der Waals surface area contributed by atoms with Gasteiger partial charge in [0.25, 0.3) is 0 Å². The number of aromatic amines is 1. The fourth-order valence-corrected chi connectivity index (χ4v) is 2.46. The van der Waals surface area contributed by atoms with E-state index < -0.39 is 0 Å². The van der Waals surface area contributed by atoms with Crippen LogP contribution in [-0.4, -0.2) is 30.0 Å². The van der Waals surface area contributed by atoms with Gasteiger partial charge < -0.3 is 10.1 Å². The van der Waals surface area contributed by atoms with Crippen LogP contribution in [0.5, 0.6) is 0 Å². The molecule has 1 aromatic carbocycles. The third kappa shape index (κ3) is 5.48. The maximum Gasteiger partial charge on any atom is 0.0695 e. The van der Waals surface area contributed by atoms with Gasteiger partial charge in [-0.15, -0.1) is 0 Å². The Bertz CT molecular complexity index is 592. The molecule has 4 nitrogen and oxygen atoms in total. The van der Waals surface area contributed by atoms with Crippen LogP contribution in [0.25, 0.3) is 11.3 Å². The van der Waals surface area contributed by atoms with Crippen molar-refractivity contribution in [3.63, 3.8) is 0 Å². The Morgan fingerprint density at radius 2 is 1.96 bits per heavy atom. The Kier molecular flexibility index (Phi) is 7.30. The zero-order chi connectivity index (χ0) is 16.5. The summed E-state index contributed by atoms with van der Waals surface area (Å²) in [5.74, 6) is 0. The predicted molar refractivity (Wildman–Crippen MR) is 95.5 cm³/mol. The Labute approximate surface area is 139 Å². The van der Waals surface area contributed by atoms with Crippen LogP contribution in [-0.2, 0) is 11.3 Å². The summed E-state index contributed by atoms with van der Waals surface area (Å²) in [6.07, 6.45) is 5.30. The number of rotatable bonds is 10. The van der Waals surface area contributed by atoms with Crippen LogP contribution in [0.3, 0.4) is 0 Å². The number of benzene rings is 1. The predicted octanol–water partition coefficient (Wildman–Crippen LogP) is 3.99. The highest BCUT2D eigenvalue weighted by Gasteiger charge is 2.08. The first kappa shape index (κ1) is 17.7. The summed E-state index contributed by atoms with van der Waals surface area (Å²) in [5, 5.41) is 10.8. The van der Waals surface area contributed by atoms with E-state index in [4.69, 9.17) is 4.74 Å². The Hall–Kier alpha value is -1.65. The highest BCUT2D eigenvalue weighted by Crippen LogP contribution is 2.23. The number of aromatic nitrogens is 2. The van der Waals surface area contributed by atoms with Gasteiger partial charge in [-0.25, -0.2) is 0 Å². The lowest BCUT2D eigenvalue weighted by atomic mass is 10.0. The van der Waals surface area contributed by atoms with E-state index in [0.29, 0.717) is 0 Å². The number of hydrogen-bond donors (Lipinski definition) is 2. The number of H-pyrrole nitrogens is 1. The average Bonchev–Trinajstić information content (AvgIpc) is 3.01. The van der Waals surface area contributed by atoms with E-state index in [1.165, 1.54) is 28.7 Å². The van der Waals surface area contributed by atoms with Crippen molar-refractivity contribution in [3.05, 3.63) is 41.1 Å². The second-order valence-corrected chi connectivity index (χ2v) is 6.07. The highest BCUT2D eigenvalue weighted by molar-refractivity contribution is 5.64. The largest absolute Gasteiger partial charge is 0.381 e. The zero-order valence-electron chi connectivity index (χ0n) is 14.6. The molecular weight excluding hydrogens is 286 g/mol. The molecule has 2 aromatic rings.